The molecule has 2 atom stereocenters. The third-order valence-corrected chi connectivity index (χ3v) is 5.44. The molecular weight excluding hydrogens is 324 g/mol. The van der Waals surface area contributed by atoms with Crippen LogP contribution in [0.1, 0.15) is 48.6 Å². The van der Waals surface area contributed by atoms with Crippen LogP contribution in [-0.2, 0) is 19.3 Å². The largest absolute Gasteiger partial charge is 0.508 e. The summed E-state index contributed by atoms with van der Waals surface area (Å²) in [6.07, 6.45) is 6.94. The molecule has 1 aromatic carbocycles. The molecule has 1 heterocycles. The van der Waals surface area contributed by atoms with Gasteiger partial charge in [0.15, 0.2) is 0 Å². The number of fused-ring (bicyclic) bond motifs is 1. The molecule has 0 fully saturated rings. The Balaban J connectivity index is 1.99. The Labute approximate surface area is 156 Å². The number of nitrogens with zero attached hydrogens (tertiary/aromatic N) is 1. The molecular formula is C22H30N2O2. The lowest BCUT2D eigenvalue weighted by Gasteiger charge is -2.26. The van der Waals surface area contributed by atoms with Crippen molar-refractivity contribution in [3.8, 4) is 5.75 Å². The number of hydrogen-bond donors (Lipinski definition) is 3. The molecule has 26 heavy (non-hydrogen) atoms. The molecule has 0 aliphatic heterocycles. The Bertz CT molecular complexity index is 743. The van der Waals surface area contributed by atoms with Crippen molar-refractivity contribution < 1.29 is 10.2 Å². The van der Waals surface area contributed by atoms with E-state index in [0.29, 0.717) is 18.2 Å². The van der Waals surface area contributed by atoms with Crippen molar-refractivity contribution in [2.45, 2.75) is 45.6 Å². The van der Waals surface area contributed by atoms with Gasteiger partial charge in [-0.05, 0) is 78.5 Å². The van der Waals surface area contributed by atoms with Crippen LogP contribution in [0.25, 0.3) is 0 Å². The minimum atomic E-state index is -0.561. The Morgan fingerprint density at radius 2 is 2.08 bits per heavy atom. The van der Waals surface area contributed by atoms with Gasteiger partial charge in [-0.15, -0.1) is 0 Å². The molecule has 4 nitrogen and oxygen atoms in total. The Morgan fingerprint density at radius 3 is 2.77 bits per heavy atom. The van der Waals surface area contributed by atoms with E-state index in [9.17, 15) is 10.2 Å². The zero-order chi connectivity index (χ0) is 18.7. The molecule has 3 N–H and O–H groups in total. The number of aliphatic hydroxyl groups excluding tert-OH is 1. The first-order valence-corrected chi connectivity index (χ1v) is 9.45. The van der Waals surface area contributed by atoms with E-state index in [4.69, 9.17) is 0 Å². The van der Waals surface area contributed by atoms with Crippen LogP contribution in [0.4, 0.5) is 0 Å². The van der Waals surface area contributed by atoms with Gasteiger partial charge in [0, 0.05) is 18.9 Å². The third kappa shape index (κ3) is 4.25. The lowest BCUT2D eigenvalue weighted by Crippen LogP contribution is -2.19. The van der Waals surface area contributed by atoms with Crippen LogP contribution in [0.3, 0.4) is 0 Å². The summed E-state index contributed by atoms with van der Waals surface area (Å²) in [6, 6.07) is 7.74. The third-order valence-electron chi connectivity index (χ3n) is 5.44. The fourth-order valence-corrected chi connectivity index (χ4v) is 4.44. The van der Waals surface area contributed by atoms with Crippen LogP contribution < -0.4 is 5.32 Å². The summed E-state index contributed by atoms with van der Waals surface area (Å²) >= 11 is 0. The van der Waals surface area contributed by atoms with E-state index in [2.05, 4.69) is 30.2 Å². The molecule has 1 aromatic heterocycles. The van der Waals surface area contributed by atoms with Gasteiger partial charge in [0.25, 0.3) is 0 Å². The Kier molecular flexibility index (Phi) is 5.64. The van der Waals surface area contributed by atoms with Gasteiger partial charge in [-0.25, -0.2) is 0 Å². The number of rotatable bonds is 5. The van der Waals surface area contributed by atoms with Crippen LogP contribution in [0.2, 0.25) is 0 Å². The minimum absolute atomic E-state index is 0.0994. The number of phenolic OH excluding ortho intramolecular Hbond substituents is 1. The highest BCUT2D eigenvalue weighted by atomic mass is 16.3. The molecule has 0 saturated carbocycles. The molecule has 2 aromatic rings. The fraction of sp³-hybridized carbons (Fsp3) is 0.500. The fourth-order valence-electron chi connectivity index (χ4n) is 4.44. The molecule has 4 heteroatoms. The van der Waals surface area contributed by atoms with Gasteiger partial charge in [-0.3, -0.25) is 4.98 Å². The number of likely N-dealkylation sites (N-methyl/N-ethyl adjacent to an activating group) is 1. The zero-order valence-electron chi connectivity index (χ0n) is 16.0. The second-order valence-electron chi connectivity index (χ2n) is 8.39. The number of nitrogens with one attached hydrogen (secondary N) is 1. The van der Waals surface area contributed by atoms with Gasteiger partial charge in [0.1, 0.15) is 5.75 Å². The average Bonchev–Trinajstić information content (AvgIpc) is 2.72. The van der Waals surface area contributed by atoms with E-state index < -0.39 is 6.10 Å². The summed E-state index contributed by atoms with van der Waals surface area (Å²) in [7, 11) is 1.84. The van der Waals surface area contributed by atoms with Crippen molar-refractivity contribution in [2.24, 2.45) is 11.3 Å². The van der Waals surface area contributed by atoms with Crippen molar-refractivity contribution in [1.82, 2.24) is 10.3 Å². The summed E-state index contributed by atoms with van der Waals surface area (Å²) < 4.78 is 0. The predicted octanol–water partition coefficient (Wildman–Crippen LogP) is 3.41. The highest BCUT2D eigenvalue weighted by Gasteiger charge is 2.32. The van der Waals surface area contributed by atoms with E-state index in [1.165, 1.54) is 5.56 Å². The number of benzene rings is 1. The predicted molar refractivity (Wildman–Crippen MR) is 104 cm³/mol. The molecule has 0 saturated heterocycles. The summed E-state index contributed by atoms with van der Waals surface area (Å²) in [5.41, 5.74) is 4.43. The first-order valence-electron chi connectivity index (χ1n) is 9.45. The van der Waals surface area contributed by atoms with Crippen LogP contribution in [-0.4, -0.2) is 28.8 Å². The minimum Gasteiger partial charge on any atom is -0.508 e. The lowest BCUT2D eigenvalue weighted by atomic mass is 9.78. The van der Waals surface area contributed by atoms with Gasteiger partial charge < -0.3 is 15.5 Å². The molecule has 0 bridgehead atoms. The quantitative estimate of drug-likeness (QED) is 0.720. The lowest BCUT2D eigenvalue weighted by molar-refractivity contribution is 0.176. The second-order valence-corrected chi connectivity index (χ2v) is 8.39. The smallest absolute Gasteiger partial charge is 0.119 e. The zero-order valence-corrected chi connectivity index (χ0v) is 16.0. The number of phenols is 1. The first-order chi connectivity index (χ1) is 12.4. The Morgan fingerprint density at radius 1 is 1.27 bits per heavy atom. The molecule has 1 aliphatic carbocycles. The van der Waals surface area contributed by atoms with Crippen molar-refractivity contribution in [1.29, 1.82) is 0 Å². The standard InChI is InChI=1S/C22H30N2O2/c1-22(2)11-16(9-15-5-4-8-24-13-15)10-18-17(21(26)14-23-3)6-7-20(25)19(18)12-22/h4-8,13,16,21,23,25-26H,9-12,14H2,1-3H3. The van der Waals surface area contributed by atoms with Gasteiger partial charge in [-0.2, -0.15) is 0 Å². The van der Waals surface area contributed by atoms with Gasteiger partial charge in [0.05, 0.1) is 6.10 Å². The highest BCUT2D eigenvalue weighted by Crippen LogP contribution is 2.42. The average molecular weight is 354 g/mol. The van der Waals surface area contributed by atoms with Crippen LogP contribution in [0.5, 0.6) is 5.75 Å². The Hall–Kier alpha value is -1.91. The molecule has 0 amide bonds. The maximum absolute atomic E-state index is 10.6. The SMILES string of the molecule is CNCC(O)c1ccc(O)c2c1CC(Cc1cccnc1)CC(C)(C)C2. The maximum atomic E-state index is 10.6. The number of pyridine rings is 1. The second kappa shape index (κ2) is 7.77. The number of aliphatic hydroxyl groups is 1. The maximum Gasteiger partial charge on any atom is 0.119 e. The van der Waals surface area contributed by atoms with Gasteiger partial charge >= 0.3 is 0 Å². The van der Waals surface area contributed by atoms with Crippen LogP contribution in [0, 0.1) is 11.3 Å². The summed E-state index contributed by atoms with van der Waals surface area (Å²) in [6.45, 7) is 5.05. The van der Waals surface area contributed by atoms with Crippen LogP contribution >= 0.6 is 0 Å². The monoisotopic (exact) mass is 354 g/mol. The van der Waals surface area contributed by atoms with E-state index in [-0.39, 0.29) is 5.41 Å². The molecule has 2 unspecified atom stereocenters. The van der Waals surface area contributed by atoms with E-state index in [0.717, 1.165) is 42.4 Å². The summed E-state index contributed by atoms with van der Waals surface area (Å²) in [5, 5.41) is 24.2. The molecule has 3 rings (SSSR count). The highest BCUT2D eigenvalue weighted by molar-refractivity contribution is 5.47. The molecule has 0 spiro atoms. The van der Waals surface area contributed by atoms with Crippen molar-refractivity contribution >= 4 is 0 Å². The van der Waals surface area contributed by atoms with Gasteiger partial charge in [-0.1, -0.05) is 26.0 Å². The van der Waals surface area contributed by atoms with Crippen molar-refractivity contribution in [2.75, 3.05) is 13.6 Å². The normalized spacial score (nSPS) is 20.2. The van der Waals surface area contributed by atoms with Crippen molar-refractivity contribution in [3.63, 3.8) is 0 Å². The van der Waals surface area contributed by atoms with E-state index in [1.807, 2.05) is 25.4 Å². The first kappa shape index (κ1) is 18.9. The number of hydrogen-bond acceptors (Lipinski definition) is 4. The van der Waals surface area contributed by atoms with Crippen molar-refractivity contribution in [3.05, 3.63) is 58.9 Å². The van der Waals surface area contributed by atoms with Gasteiger partial charge in [0.2, 0.25) is 0 Å². The van der Waals surface area contributed by atoms with Crippen LogP contribution in [0.15, 0.2) is 36.7 Å². The van der Waals surface area contributed by atoms with E-state index >= 15 is 0 Å². The number of aromatic hydroxyl groups is 1. The molecule has 140 valence electrons. The van der Waals surface area contributed by atoms with E-state index in [1.54, 1.807) is 12.3 Å². The molecule has 1 aliphatic rings. The summed E-state index contributed by atoms with van der Waals surface area (Å²) in [4.78, 5) is 4.25. The molecule has 0 radical (unpaired) electrons. The summed E-state index contributed by atoms with van der Waals surface area (Å²) in [5.74, 6) is 0.813. The number of aromatic nitrogens is 1. The topological polar surface area (TPSA) is 65.4 Å².